The van der Waals surface area contributed by atoms with Gasteiger partial charge in [0.15, 0.2) is 6.29 Å². The lowest BCUT2D eigenvalue weighted by Gasteiger charge is -2.22. The van der Waals surface area contributed by atoms with Crippen LogP contribution < -0.4 is 11.0 Å². The molecule has 7 nitrogen and oxygen atoms in total. The minimum atomic E-state index is -0.364. The van der Waals surface area contributed by atoms with Crippen molar-refractivity contribution in [2.24, 2.45) is 5.92 Å². The fourth-order valence-corrected chi connectivity index (χ4v) is 5.13. The lowest BCUT2D eigenvalue weighted by molar-refractivity contribution is -0.200. The van der Waals surface area contributed by atoms with Gasteiger partial charge in [-0.1, -0.05) is 6.92 Å². The number of ether oxygens (including phenoxy) is 1. The van der Waals surface area contributed by atoms with Gasteiger partial charge in [0.2, 0.25) is 5.91 Å². The van der Waals surface area contributed by atoms with E-state index in [-0.39, 0.29) is 24.2 Å². The van der Waals surface area contributed by atoms with Crippen LogP contribution in [0.25, 0.3) is 10.2 Å². The largest absolute Gasteiger partial charge is 0.350 e. The number of carbonyl (C=O) groups excluding carboxylic acids is 1. The molecule has 2 aliphatic rings. The fraction of sp³-hybridized carbons (Fsp3) is 0.632. The summed E-state index contributed by atoms with van der Waals surface area (Å²) in [5.74, 6) is 0.954. The van der Waals surface area contributed by atoms with Crippen LogP contribution >= 0.6 is 11.3 Å². The van der Waals surface area contributed by atoms with E-state index in [9.17, 15) is 9.59 Å². The van der Waals surface area contributed by atoms with Crippen LogP contribution in [0.2, 0.25) is 0 Å². The van der Waals surface area contributed by atoms with E-state index in [1.807, 2.05) is 0 Å². The van der Waals surface area contributed by atoms with Crippen LogP contribution in [0, 0.1) is 5.92 Å². The van der Waals surface area contributed by atoms with E-state index in [2.05, 4.69) is 22.4 Å². The molecule has 4 rings (SSSR count). The Morgan fingerprint density at radius 1 is 1.41 bits per heavy atom. The second-order valence-electron chi connectivity index (χ2n) is 7.48. The molecule has 0 aromatic carbocycles. The second kappa shape index (κ2) is 8.08. The van der Waals surface area contributed by atoms with Gasteiger partial charge in [-0.3, -0.25) is 9.59 Å². The number of aromatic nitrogens is 2. The average molecular weight is 391 g/mol. The van der Waals surface area contributed by atoms with Crippen LogP contribution in [0.3, 0.4) is 0 Å². The third-order valence-electron chi connectivity index (χ3n) is 5.25. The van der Waals surface area contributed by atoms with Gasteiger partial charge >= 0.3 is 0 Å². The van der Waals surface area contributed by atoms with Gasteiger partial charge in [0.05, 0.1) is 5.39 Å². The highest BCUT2D eigenvalue weighted by Crippen LogP contribution is 2.35. The van der Waals surface area contributed by atoms with Gasteiger partial charge in [0, 0.05) is 30.7 Å². The Morgan fingerprint density at radius 3 is 3.11 bits per heavy atom. The Morgan fingerprint density at radius 2 is 2.30 bits per heavy atom. The van der Waals surface area contributed by atoms with Crippen molar-refractivity contribution in [2.45, 2.75) is 64.6 Å². The SMILES string of the molecule is CC1CCc2c(sc3nc(CCC(=O)NOC4CCCCO4)[nH]c(=O)c23)C1. The van der Waals surface area contributed by atoms with Gasteiger partial charge in [-0.25, -0.2) is 15.3 Å². The quantitative estimate of drug-likeness (QED) is 0.764. The summed E-state index contributed by atoms with van der Waals surface area (Å²) in [6.07, 6.45) is 6.14. The number of hydrogen-bond acceptors (Lipinski definition) is 6. The molecular formula is C19H25N3O4S. The number of amides is 1. The first-order valence-electron chi connectivity index (χ1n) is 9.69. The molecule has 1 amide bonds. The summed E-state index contributed by atoms with van der Waals surface area (Å²) >= 11 is 1.62. The monoisotopic (exact) mass is 391 g/mol. The van der Waals surface area contributed by atoms with Crippen LogP contribution in [0.5, 0.6) is 0 Å². The highest BCUT2D eigenvalue weighted by atomic mass is 32.1. The molecule has 8 heteroatoms. The van der Waals surface area contributed by atoms with E-state index in [0.29, 0.717) is 24.8 Å². The minimum absolute atomic E-state index is 0.0886. The standard InChI is InChI=1S/C19H25N3O4S/c1-11-5-6-12-13(10-11)27-19-17(12)18(24)20-14(21-19)7-8-15(23)22-26-16-4-2-3-9-25-16/h11,16H,2-10H2,1H3,(H,22,23)(H,20,21,24). The van der Waals surface area contributed by atoms with Crippen molar-refractivity contribution in [3.8, 4) is 0 Å². The van der Waals surface area contributed by atoms with Crippen molar-refractivity contribution in [3.05, 3.63) is 26.6 Å². The molecule has 0 radical (unpaired) electrons. The molecule has 2 aromatic heterocycles. The van der Waals surface area contributed by atoms with E-state index >= 15 is 0 Å². The Labute approximate surface area is 161 Å². The predicted octanol–water partition coefficient (Wildman–Crippen LogP) is 2.62. The second-order valence-corrected chi connectivity index (χ2v) is 8.57. The predicted molar refractivity (Wildman–Crippen MR) is 103 cm³/mol. The van der Waals surface area contributed by atoms with Crippen molar-refractivity contribution in [1.82, 2.24) is 15.4 Å². The number of nitrogens with zero attached hydrogens (tertiary/aromatic N) is 1. The number of carbonyl (C=O) groups is 1. The number of nitrogens with one attached hydrogen (secondary N) is 2. The van der Waals surface area contributed by atoms with Crippen LogP contribution in [-0.2, 0) is 33.6 Å². The molecule has 0 saturated carbocycles. The van der Waals surface area contributed by atoms with Crippen LogP contribution in [0.1, 0.15) is 55.3 Å². The topological polar surface area (TPSA) is 93.3 Å². The van der Waals surface area contributed by atoms with E-state index in [4.69, 9.17) is 9.57 Å². The zero-order chi connectivity index (χ0) is 18.8. The van der Waals surface area contributed by atoms with Gasteiger partial charge in [-0.15, -0.1) is 11.3 Å². The molecule has 2 N–H and O–H groups in total. The van der Waals surface area contributed by atoms with Crippen molar-refractivity contribution in [1.29, 1.82) is 0 Å². The fourth-order valence-electron chi connectivity index (χ4n) is 3.73. The smallest absolute Gasteiger partial charge is 0.259 e. The summed E-state index contributed by atoms with van der Waals surface area (Å²) in [4.78, 5) is 39.4. The number of thiophene rings is 1. The first kappa shape index (κ1) is 18.6. The maximum atomic E-state index is 12.6. The maximum Gasteiger partial charge on any atom is 0.259 e. The summed E-state index contributed by atoms with van der Waals surface area (Å²) in [7, 11) is 0. The molecule has 2 atom stereocenters. The molecule has 2 aromatic rings. The van der Waals surface area contributed by atoms with Gasteiger partial charge in [-0.05, 0) is 43.6 Å². The number of H-pyrrole nitrogens is 1. The van der Waals surface area contributed by atoms with E-state index < -0.39 is 0 Å². The van der Waals surface area contributed by atoms with E-state index in [1.165, 1.54) is 10.4 Å². The van der Waals surface area contributed by atoms with Crippen LogP contribution in [-0.4, -0.2) is 28.8 Å². The third kappa shape index (κ3) is 4.23. The summed E-state index contributed by atoms with van der Waals surface area (Å²) in [6.45, 7) is 2.91. The lowest BCUT2D eigenvalue weighted by atomic mass is 9.89. The van der Waals surface area contributed by atoms with E-state index in [0.717, 1.165) is 48.7 Å². The Bertz CT molecular complexity index is 885. The Hall–Kier alpha value is -1.77. The Balaban J connectivity index is 1.39. The van der Waals surface area contributed by atoms with Crippen molar-refractivity contribution in [2.75, 3.05) is 6.61 Å². The van der Waals surface area contributed by atoms with Crippen LogP contribution in [0.4, 0.5) is 0 Å². The average Bonchev–Trinajstić information content (AvgIpc) is 3.03. The summed E-state index contributed by atoms with van der Waals surface area (Å²) < 4.78 is 5.41. The highest BCUT2D eigenvalue weighted by molar-refractivity contribution is 7.18. The number of hydrogen-bond donors (Lipinski definition) is 2. The van der Waals surface area contributed by atoms with Crippen LogP contribution in [0.15, 0.2) is 4.79 Å². The molecule has 1 aliphatic carbocycles. The first-order valence-corrected chi connectivity index (χ1v) is 10.5. The minimum Gasteiger partial charge on any atom is -0.350 e. The number of hydroxylamine groups is 1. The number of aromatic amines is 1. The molecule has 3 heterocycles. The normalized spacial score (nSPS) is 22.6. The van der Waals surface area contributed by atoms with Gasteiger partial charge in [0.1, 0.15) is 10.7 Å². The van der Waals surface area contributed by atoms with Gasteiger partial charge in [0.25, 0.3) is 5.56 Å². The molecule has 0 bridgehead atoms. The van der Waals surface area contributed by atoms with E-state index in [1.54, 1.807) is 11.3 Å². The molecule has 0 spiro atoms. The Kier molecular flexibility index (Phi) is 5.56. The molecule has 27 heavy (non-hydrogen) atoms. The van der Waals surface area contributed by atoms with Gasteiger partial charge < -0.3 is 9.72 Å². The molecule has 146 valence electrons. The zero-order valence-electron chi connectivity index (χ0n) is 15.5. The van der Waals surface area contributed by atoms with Crippen molar-refractivity contribution >= 4 is 27.5 Å². The van der Waals surface area contributed by atoms with Crippen molar-refractivity contribution < 1.29 is 14.4 Å². The molecular weight excluding hydrogens is 366 g/mol. The zero-order valence-corrected chi connectivity index (χ0v) is 16.3. The summed E-state index contributed by atoms with van der Waals surface area (Å²) in [6, 6.07) is 0. The molecule has 1 fully saturated rings. The molecule has 1 saturated heterocycles. The summed E-state index contributed by atoms with van der Waals surface area (Å²) in [5, 5.41) is 0.743. The lowest BCUT2D eigenvalue weighted by Crippen LogP contribution is -2.33. The third-order valence-corrected chi connectivity index (χ3v) is 6.39. The first-order chi connectivity index (χ1) is 13.1. The highest BCUT2D eigenvalue weighted by Gasteiger charge is 2.23. The van der Waals surface area contributed by atoms with Gasteiger partial charge in [-0.2, -0.15) is 0 Å². The molecule has 2 unspecified atom stereocenters. The van der Waals surface area contributed by atoms with Crippen molar-refractivity contribution in [3.63, 3.8) is 0 Å². The number of fused-ring (bicyclic) bond motifs is 3. The maximum absolute atomic E-state index is 12.6. The number of rotatable bonds is 5. The number of aryl methyl sites for hydroxylation is 2. The molecule has 1 aliphatic heterocycles. The summed E-state index contributed by atoms with van der Waals surface area (Å²) in [5.41, 5.74) is 3.52.